The van der Waals surface area contributed by atoms with E-state index in [1.807, 2.05) is 49.4 Å². The van der Waals surface area contributed by atoms with Gasteiger partial charge in [-0.1, -0.05) is 35.9 Å². The number of benzene rings is 1. The van der Waals surface area contributed by atoms with E-state index in [2.05, 4.69) is 25.5 Å². The second kappa shape index (κ2) is 7.36. The van der Waals surface area contributed by atoms with E-state index < -0.39 is 0 Å². The number of imidazole rings is 1. The van der Waals surface area contributed by atoms with Gasteiger partial charge in [0.15, 0.2) is 0 Å². The minimum atomic E-state index is -0.308. The van der Waals surface area contributed by atoms with Gasteiger partial charge in [-0.25, -0.2) is 4.98 Å². The number of amides is 1. The number of nitrogens with zero attached hydrogens (tertiary/aromatic N) is 3. The van der Waals surface area contributed by atoms with Crippen molar-refractivity contribution in [3.05, 3.63) is 71.8 Å². The largest absolute Gasteiger partial charge is 0.382 e. The molecule has 0 saturated heterocycles. The van der Waals surface area contributed by atoms with E-state index in [0.717, 1.165) is 22.6 Å². The van der Waals surface area contributed by atoms with Crippen LogP contribution in [0.4, 0.5) is 5.82 Å². The molecular weight excluding hydrogens is 354 g/mol. The summed E-state index contributed by atoms with van der Waals surface area (Å²) >= 11 is 0. The molecule has 0 atom stereocenters. The second-order valence-corrected chi connectivity index (χ2v) is 6.38. The molecule has 28 heavy (non-hydrogen) atoms. The summed E-state index contributed by atoms with van der Waals surface area (Å²) in [5.41, 5.74) is 10.4. The monoisotopic (exact) mass is 373 g/mol. The number of aromatic amines is 2. The highest BCUT2D eigenvalue weighted by Crippen LogP contribution is 2.29. The van der Waals surface area contributed by atoms with Gasteiger partial charge in [-0.3, -0.25) is 14.9 Å². The smallest absolute Gasteiger partial charge is 0.269 e. The van der Waals surface area contributed by atoms with Crippen LogP contribution in [-0.2, 0) is 6.54 Å². The average Bonchev–Trinajstić information content (AvgIpc) is 3.34. The van der Waals surface area contributed by atoms with Crippen LogP contribution in [0.2, 0.25) is 0 Å². The topological polar surface area (TPSA) is 125 Å². The van der Waals surface area contributed by atoms with E-state index in [0.29, 0.717) is 11.5 Å². The highest BCUT2D eigenvalue weighted by Gasteiger charge is 2.16. The Morgan fingerprint density at radius 3 is 2.68 bits per heavy atom. The number of aromatic nitrogens is 5. The Bertz CT molecular complexity index is 1100. The number of nitrogens with one attached hydrogen (secondary N) is 3. The quantitative estimate of drug-likeness (QED) is 0.428. The first kappa shape index (κ1) is 17.5. The van der Waals surface area contributed by atoms with Crippen LogP contribution in [0.15, 0.2) is 54.7 Å². The average molecular weight is 373 g/mol. The lowest BCUT2D eigenvalue weighted by Gasteiger charge is -2.02. The SMILES string of the molecule is Cc1ccc(-c2nc(CNC(=O)c3cc(N)n[nH]3)[nH]c2-c2ccccn2)cc1. The first-order valence-electron chi connectivity index (χ1n) is 8.76. The minimum Gasteiger partial charge on any atom is -0.382 e. The van der Waals surface area contributed by atoms with E-state index in [4.69, 9.17) is 10.7 Å². The third-order valence-electron chi connectivity index (χ3n) is 4.26. The van der Waals surface area contributed by atoms with E-state index in [1.54, 1.807) is 6.20 Å². The summed E-state index contributed by atoms with van der Waals surface area (Å²) in [6, 6.07) is 15.3. The zero-order chi connectivity index (χ0) is 19.5. The Hall–Kier alpha value is -3.94. The highest BCUT2D eigenvalue weighted by atomic mass is 16.1. The van der Waals surface area contributed by atoms with Crippen LogP contribution in [0.3, 0.4) is 0 Å². The number of hydrogen-bond donors (Lipinski definition) is 4. The Morgan fingerprint density at radius 2 is 2.00 bits per heavy atom. The van der Waals surface area contributed by atoms with Gasteiger partial charge in [0.2, 0.25) is 0 Å². The molecule has 0 unspecified atom stereocenters. The molecule has 8 nitrogen and oxygen atoms in total. The van der Waals surface area contributed by atoms with E-state index >= 15 is 0 Å². The number of nitrogen functional groups attached to an aromatic ring is 1. The summed E-state index contributed by atoms with van der Waals surface area (Å²) in [7, 11) is 0. The maximum Gasteiger partial charge on any atom is 0.269 e. The number of aryl methyl sites for hydroxylation is 1. The number of carbonyl (C=O) groups excluding carboxylic acids is 1. The standard InChI is InChI=1S/C20H19N7O/c1-12-5-7-13(8-6-12)18-19(14-4-2-3-9-22-14)25-17(24-18)11-23-20(28)15-10-16(21)27-26-15/h2-10H,11H2,1H3,(H,23,28)(H,24,25)(H3,21,26,27). The molecule has 0 saturated carbocycles. The zero-order valence-corrected chi connectivity index (χ0v) is 15.2. The fraction of sp³-hybridized carbons (Fsp3) is 0.100. The maximum atomic E-state index is 12.2. The summed E-state index contributed by atoms with van der Waals surface area (Å²) in [4.78, 5) is 24.6. The predicted molar refractivity (Wildman–Crippen MR) is 106 cm³/mol. The van der Waals surface area contributed by atoms with E-state index in [-0.39, 0.29) is 18.3 Å². The van der Waals surface area contributed by atoms with Gasteiger partial charge in [0.1, 0.15) is 17.3 Å². The molecule has 140 valence electrons. The van der Waals surface area contributed by atoms with Crippen molar-refractivity contribution in [2.45, 2.75) is 13.5 Å². The van der Waals surface area contributed by atoms with Gasteiger partial charge in [0.25, 0.3) is 5.91 Å². The fourth-order valence-electron chi connectivity index (χ4n) is 2.84. The van der Waals surface area contributed by atoms with Crippen molar-refractivity contribution in [2.24, 2.45) is 0 Å². The van der Waals surface area contributed by atoms with Crippen molar-refractivity contribution in [3.63, 3.8) is 0 Å². The molecule has 0 bridgehead atoms. The minimum absolute atomic E-state index is 0.226. The van der Waals surface area contributed by atoms with Crippen LogP contribution in [0, 0.1) is 6.92 Å². The molecule has 1 amide bonds. The summed E-state index contributed by atoms with van der Waals surface area (Å²) in [5.74, 6) is 0.580. The molecule has 0 fully saturated rings. The molecule has 0 aliphatic heterocycles. The Morgan fingerprint density at radius 1 is 1.18 bits per heavy atom. The third kappa shape index (κ3) is 3.61. The van der Waals surface area contributed by atoms with Crippen LogP contribution < -0.4 is 11.1 Å². The molecule has 1 aromatic carbocycles. The number of hydrogen-bond acceptors (Lipinski definition) is 5. The molecule has 0 radical (unpaired) electrons. The summed E-state index contributed by atoms with van der Waals surface area (Å²) in [6.07, 6.45) is 1.74. The van der Waals surface area contributed by atoms with Crippen molar-refractivity contribution < 1.29 is 4.79 Å². The third-order valence-corrected chi connectivity index (χ3v) is 4.26. The van der Waals surface area contributed by atoms with Gasteiger partial charge in [0, 0.05) is 17.8 Å². The second-order valence-electron chi connectivity index (χ2n) is 6.38. The van der Waals surface area contributed by atoms with Crippen LogP contribution in [0.1, 0.15) is 21.9 Å². The van der Waals surface area contributed by atoms with E-state index in [1.165, 1.54) is 11.6 Å². The molecule has 3 aromatic heterocycles. The van der Waals surface area contributed by atoms with Gasteiger partial charge in [0.05, 0.1) is 23.6 Å². The lowest BCUT2D eigenvalue weighted by Crippen LogP contribution is -2.23. The molecule has 4 aromatic rings. The predicted octanol–water partition coefficient (Wildman–Crippen LogP) is 2.68. The number of carbonyl (C=O) groups is 1. The Labute approximate surface area is 161 Å². The van der Waals surface area contributed by atoms with Gasteiger partial charge in [-0.2, -0.15) is 5.10 Å². The number of anilines is 1. The summed E-state index contributed by atoms with van der Waals surface area (Å²) in [5, 5.41) is 9.15. The number of H-pyrrole nitrogens is 2. The van der Waals surface area contributed by atoms with Crippen molar-refractivity contribution >= 4 is 11.7 Å². The molecule has 0 spiro atoms. The Balaban J connectivity index is 1.63. The molecule has 5 N–H and O–H groups in total. The van der Waals surface area contributed by atoms with Gasteiger partial charge in [-0.15, -0.1) is 0 Å². The fourth-order valence-corrected chi connectivity index (χ4v) is 2.84. The highest BCUT2D eigenvalue weighted by molar-refractivity contribution is 5.92. The van der Waals surface area contributed by atoms with Crippen LogP contribution in [-0.4, -0.2) is 31.1 Å². The van der Waals surface area contributed by atoms with Crippen molar-refractivity contribution in [3.8, 4) is 22.6 Å². The molecular formula is C20H19N7O. The lowest BCUT2D eigenvalue weighted by atomic mass is 10.1. The number of nitrogens with two attached hydrogens (primary N) is 1. The van der Waals surface area contributed by atoms with E-state index in [9.17, 15) is 4.79 Å². The molecule has 4 rings (SSSR count). The van der Waals surface area contributed by atoms with Crippen molar-refractivity contribution in [2.75, 3.05) is 5.73 Å². The molecule has 3 heterocycles. The van der Waals surface area contributed by atoms with Crippen LogP contribution in [0.25, 0.3) is 22.6 Å². The van der Waals surface area contributed by atoms with Crippen LogP contribution in [0.5, 0.6) is 0 Å². The Kier molecular flexibility index (Phi) is 4.59. The first-order valence-corrected chi connectivity index (χ1v) is 8.76. The summed E-state index contributed by atoms with van der Waals surface area (Å²) in [6.45, 7) is 2.26. The summed E-state index contributed by atoms with van der Waals surface area (Å²) < 4.78 is 0. The number of rotatable bonds is 5. The van der Waals surface area contributed by atoms with Gasteiger partial charge >= 0.3 is 0 Å². The van der Waals surface area contributed by atoms with Gasteiger partial charge < -0.3 is 16.0 Å². The molecule has 8 heteroatoms. The van der Waals surface area contributed by atoms with Crippen molar-refractivity contribution in [1.29, 1.82) is 0 Å². The zero-order valence-electron chi connectivity index (χ0n) is 15.2. The van der Waals surface area contributed by atoms with Crippen LogP contribution >= 0.6 is 0 Å². The molecule has 0 aliphatic rings. The van der Waals surface area contributed by atoms with Crippen molar-refractivity contribution in [1.82, 2.24) is 30.5 Å². The number of pyridine rings is 1. The normalized spacial score (nSPS) is 10.8. The van der Waals surface area contributed by atoms with Gasteiger partial charge in [-0.05, 0) is 19.1 Å². The molecule has 0 aliphatic carbocycles. The lowest BCUT2D eigenvalue weighted by molar-refractivity contribution is 0.0945. The maximum absolute atomic E-state index is 12.2. The first-order chi connectivity index (χ1) is 13.6.